The van der Waals surface area contributed by atoms with Crippen molar-refractivity contribution in [1.82, 2.24) is 15.3 Å². The zero-order valence-electron chi connectivity index (χ0n) is 10.6. The van der Waals surface area contributed by atoms with Crippen molar-refractivity contribution in [2.75, 3.05) is 19.8 Å². The summed E-state index contributed by atoms with van der Waals surface area (Å²) in [7, 11) is 0. The summed E-state index contributed by atoms with van der Waals surface area (Å²) in [6.07, 6.45) is 1.34. The SMILES string of the molecule is O=c1[nH]c2ccc(CCNC(CO)CCO)cc2[nH]1. The van der Waals surface area contributed by atoms with Crippen LogP contribution in [0.4, 0.5) is 0 Å². The van der Waals surface area contributed by atoms with Gasteiger partial charge in [-0.1, -0.05) is 6.07 Å². The Labute approximate surface area is 110 Å². The van der Waals surface area contributed by atoms with Crippen molar-refractivity contribution in [2.24, 2.45) is 0 Å². The minimum absolute atomic E-state index is 0.0186. The molecule has 0 bridgehead atoms. The largest absolute Gasteiger partial charge is 0.396 e. The summed E-state index contributed by atoms with van der Waals surface area (Å²) in [6, 6.07) is 5.71. The van der Waals surface area contributed by atoms with Crippen molar-refractivity contribution in [3.63, 3.8) is 0 Å². The molecule has 0 saturated carbocycles. The van der Waals surface area contributed by atoms with Gasteiger partial charge in [-0.15, -0.1) is 0 Å². The van der Waals surface area contributed by atoms with Gasteiger partial charge in [0, 0.05) is 12.6 Å². The van der Waals surface area contributed by atoms with Crippen molar-refractivity contribution >= 4 is 11.0 Å². The van der Waals surface area contributed by atoms with Crippen LogP contribution in [-0.4, -0.2) is 46.0 Å². The Morgan fingerprint density at radius 2 is 2.00 bits per heavy atom. The highest BCUT2D eigenvalue weighted by molar-refractivity contribution is 5.74. The maximum absolute atomic E-state index is 11.1. The number of aliphatic hydroxyl groups excluding tert-OH is 2. The van der Waals surface area contributed by atoms with Crippen molar-refractivity contribution in [3.05, 3.63) is 34.2 Å². The first-order chi connectivity index (χ1) is 9.22. The number of aromatic nitrogens is 2. The van der Waals surface area contributed by atoms with Crippen LogP contribution in [0, 0.1) is 0 Å². The van der Waals surface area contributed by atoms with Gasteiger partial charge in [-0.05, 0) is 37.1 Å². The van der Waals surface area contributed by atoms with E-state index in [9.17, 15) is 4.79 Å². The number of imidazole rings is 1. The maximum Gasteiger partial charge on any atom is 0.323 e. The van der Waals surface area contributed by atoms with E-state index in [0.717, 1.165) is 23.0 Å². The highest BCUT2D eigenvalue weighted by Crippen LogP contribution is 2.10. The molecule has 1 unspecified atom stereocenters. The van der Waals surface area contributed by atoms with Crippen molar-refractivity contribution in [2.45, 2.75) is 18.9 Å². The van der Waals surface area contributed by atoms with Crippen LogP contribution < -0.4 is 11.0 Å². The molecule has 19 heavy (non-hydrogen) atoms. The summed E-state index contributed by atoms with van der Waals surface area (Å²) in [4.78, 5) is 16.6. The van der Waals surface area contributed by atoms with Crippen LogP contribution in [0.15, 0.2) is 23.0 Å². The molecule has 6 heteroatoms. The Hall–Kier alpha value is -1.63. The molecular formula is C13H19N3O3. The maximum atomic E-state index is 11.1. The molecule has 2 aromatic rings. The van der Waals surface area contributed by atoms with E-state index in [0.29, 0.717) is 13.0 Å². The van der Waals surface area contributed by atoms with Crippen LogP contribution in [0.1, 0.15) is 12.0 Å². The normalized spacial score (nSPS) is 12.9. The number of aliphatic hydroxyl groups is 2. The van der Waals surface area contributed by atoms with Gasteiger partial charge in [0.25, 0.3) is 0 Å². The highest BCUT2D eigenvalue weighted by Gasteiger charge is 2.05. The second-order valence-corrected chi connectivity index (χ2v) is 4.55. The molecule has 1 heterocycles. The van der Waals surface area contributed by atoms with Gasteiger partial charge >= 0.3 is 5.69 Å². The van der Waals surface area contributed by atoms with Crippen molar-refractivity contribution in [3.8, 4) is 0 Å². The first-order valence-electron chi connectivity index (χ1n) is 6.39. The number of benzene rings is 1. The summed E-state index contributed by atoms with van der Waals surface area (Å²) < 4.78 is 0. The quantitative estimate of drug-likeness (QED) is 0.476. The monoisotopic (exact) mass is 265 g/mol. The fraction of sp³-hybridized carbons (Fsp3) is 0.462. The standard InChI is InChI=1S/C13H19N3O3/c17-6-4-10(8-18)14-5-3-9-1-2-11-12(7-9)16-13(19)15-11/h1-2,7,10,14,17-18H,3-6,8H2,(H2,15,16,19). The summed E-state index contributed by atoms with van der Waals surface area (Å²) >= 11 is 0. The third-order valence-electron chi connectivity index (χ3n) is 3.13. The van der Waals surface area contributed by atoms with Gasteiger partial charge in [0.15, 0.2) is 0 Å². The van der Waals surface area contributed by atoms with Crippen LogP contribution in [0.3, 0.4) is 0 Å². The van der Waals surface area contributed by atoms with Gasteiger partial charge in [-0.3, -0.25) is 0 Å². The van der Waals surface area contributed by atoms with E-state index in [2.05, 4.69) is 15.3 Å². The van der Waals surface area contributed by atoms with E-state index in [1.54, 1.807) is 0 Å². The molecule has 0 aliphatic carbocycles. The lowest BCUT2D eigenvalue weighted by atomic mass is 10.1. The van der Waals surface area contributed by atoms with Crippen LogP contribution in [0.25, 0.3) is 11.0 Å². The predicted octanol–water partition coefficient (Wildman–Crippen LogP) is -0.268. The Balaban J connectivity index is 1.92. The lowest BCUT2D eigenvalue weighted by molar-refractivity contribution is 0.201. The molecule has 5 N–H and O–H groups in total. The number of aromatic amines is 2. The first-order valence-corrected chi connectivity index (χ1v) is 6.39. The molecule has 0 saturated heterocycles. The summed E-state index contributed by atoms with van der Waals surface area (Å²) in [5.41, 5.74) is 2.51. The summed E-state index contributed by atoms with van der Waals surface area (Å²) in [5.74, 6) is 0. The van der Waals surface area contributed by atoms with E-state index in [-0.39, 0.29) is 24.9 Å². The average Bonchev–Trinajstić information content (AvgIpc) is 2.77. The van der Waals surface area contributed by atoms with Crippen LogP contribution >= 0.6 is 0 Å². The second-order valence-electron chi connectivity index (χ2n) is 4.55. The smallest absolute Gasteiger partial charge is 0.323 e. The van der Waals surface area contributed by atoms with Crippen LogP contribution in [-0.2, 0) is 6.42 Å². The number of hydrogen-bond donors (Lipinski definition) is 5. The zero-order chi connectivity index (χ0) is 13.7. The Bertz CT molecular complexity index is 576. The number of hydrogen-bond acceptors (Lipinski definition) is 4. The number of rotatable bonds is 7. The lowest BCUT2D eigenvalue weighted by Gasteiger charge is -2.14. The highest BCUT2D eigenvalue weighted by atomic mass is 16.3. The lowest BCUT2D eigenvalue weighted by Crippen LogP contribution is -2.34. The van der Waals surface area contributed by atoms with Gasteiger partial charge in [0.2, 0.25) is 0 Å². The zero-order valence-corrected chi connectivity index (χ0v) is 10.6. The molecule has 0 spiro atoms. The van der Waals surface area contributed by atoms with E-state index in [1.807, 2.05) is 18.2 Å². The van der Waals surface area contributed by atoms with Gasteiger partial charge < -0.3 is 25.5 Å². The van der Waals surface area contributed by atoms with E-state index in [4.69, 9.17) is 10.2 Å². The Morgan fingerprint density at radius 3 is 2.74 bits per heavy atom. The van der Waals surface area contributed by atoms with Crippen molar-refractivity contribution < 1.29 is 10.2 Å². The topological polar surface area (TPSA) is 101 Å². The third-order valence-corrected chi connectivity index (χ3v) is 3.13. The molecule has 1 atom stereocenters. The molecular weight excluding hydrogens is 246 g/mol. The van der Waals surface area contributed by atoms with E-state index in [1.165, 1.54) is 0 Å². The third kappa shape index (κ3) is 3.66. The minimum atomic E-state index is -0.200. The Morgan fingerprint density at radius 1 is 1.21 bits per heavy atom. The molecule has 0 fully saturated rings. The summed E-state index contributed by atoms with van der Waals surface area (Å²) in [6.45, 7) is 0.797. The molecule has 1 aromatic carbocycles. The second kappa shape index (κ2) is 6.51. The van der Waals surface area contributed by atoms with Gasteiger partial charge in [-0.25, -0.2) is 4.79 Å². The molecule has 104 valence electrons. The van der Waals surface area contributed by atoms with E-state index >= 15 is 0 Å². The molecule has 0 aliphatic rings. The minimum Gasteiger partial charge on any atom is -0.396 e. The van der Waals surface area contributed by atoms with Crippen LogP contribution in [0.5, 0.6) is 0 Å². The molecule has 0 amide bonds. The van der Waals surface area contributed by atoms with Crippen LogP contribution in [0.2, 0.25) is 0 Å². The number of fused-ring (bicyclic) bond motifs is 1. The fourth-order valence-corrected chi connectivity index (χ4v) is 2.07. The first kappa shape index (κ1) is 13.8. The molecule has 1 aromatic heterocycles. The molecule has 0 radical (unpaired) electrons. The van der Waals surface area contributed by atoms with Gasteiger partial charge in [0.05, 0.1) is 17.6 Å². The fourth-order valence-electron chi connectivity index (χ4n) is 2.07. The number of nitrogens with one attached hydrogen (secondary N) is 3. The molecule has 0 aliphatic heterocycles. The van der Waals surface area contributed by atoms with Gasteiger partial charge in [-0.2, -0.15) is 0 Å². The van der Waals surface area contributed by atoms with Gasteiger partial charge in [0.1, 0.15) is 0 Å². The van der Waals surface area contributed by atoms with Crippen molar-refractivity contribution in [1.29, 1.82) is 0 Å². The molecule has 2 rings (SSSR count). The molecule has 6 nitrogen and oxygen atoms in total. The average molecular weight is 265 g/mol. The summed E-state index contributed by atoms with van der Waals surface area (Å²) in [5, 5.41) is 21.1. The number of H-pyrrole nitrogens is 2. The Kier molecular flexibility index (Phi) is 4.73. The predicted molar refractivity (Wildman–Crippen MR) is 73.2 cm³/mol. The van der Waals surface area contributed by atoms with E-state index < -0.39 is 0 Å².